The molecule has 1 aliphatic rings. The summed E-state index contributed by atoms with van der Waals surface area (Å²) in [5.41, 5.74) is 4.09. The highest BCUT2D eigenvalue weighted by atomic mass is 16.5. The largest absolute Gasteiger partial charge is 0.494 e. The van der Waals surface area contributed by atoms with Crippen LogP contribution in [0.4, 0.5) is 0 Å². The fourth-order valence-electron chi connectivity index (χ4n) is 4.78. The first-order chi connectivity index (χ1) is 14.8. The van der Waals surface area contributed by atoms with Crippen molar-refractivity contribution < 1.29 is 9.47 Å². The Morgan fingerprint density at radius 3 is 1.93 bits per heavy atom. The van der Waals surface area contributed by atoms with Crippen molar-refractivity contribution in [3.63, 3.8) is 0 Å². The van der Waals surface area contributed by atoms with Crippen LogP contribution >= 0.6 is 0 Å². The van der Waals surface area contributed by atoms with Gasteiger partial charge in [-0.25, -0.2) is 0 Å². The molecule has 1 aliphatic carbocycles. The lowest BCUT2D eigenvalue weighted by molar-refractivity contribution is 0.191. The summed E-state index contributed by atoms with van der Waals surface area (Å²) in [4.78, 5) is 0. The van der Waals surface area contributed by atoms with E-state index in [2.05, 4.69) is 55.5 Å². The van der Waals surface area contributed by atoms with Crippen molar-refractivity contribution in [2.45, 2.75) is 77.0 Å². The standard InChI is InChI=1S/C28H40O2/c1-3-8-23-9-11-24(12-10-23)25-13-15-26(16-14-25)27-17-19-28(20-18-27)30-22-7-5-4-6-21-29-2/h13-20,23-24H,3-12,21-22H2,1-2H3. The maximum atomic E-state index is 5.90. The molecular formula is C28H40O2. The van der Waals surface area contributed by atoms with E-state index in [1.807, 2.05) is 0 Å². The molecule has 0 radical (unpaired) electrons. The Morgan fingerprint density at radius 2 is 1.33 bits per heavy atom. The van der Waals surface area contributed by atoms with Crippen LogP contribution in [-0.4, -0.2) is 20.3 Å². The van der Waals surface area contributed by atoms with Gasteiger partial charge in [0.2, 0.25) is 0 Å². The average molecular weight is 409 g/mol. The Hall–Kier alpha value is -1.80. The number of unbranched alkanes of at least 4 members (excludes halogenated alkanes) is 3. The molecule has 0 atom stereocenters. The second-order valence-corrected chi connectivity index (χ2v) is 8.91. The first kappa shape index (κ1) is 22.9. The molecule has 0 saturated heterocycles. The third-order valence-electron chi connectivity index (χ3n) is 6.62. The normalized spacial score (nSPS) is 19.0. The van der Waals surface area contributed by atoms with Gasteiger partial charge in [-0.2, -0.15) is 0 Å². The van der Waals surface area contributed by atoms with Crippen molar-refractivity contribution in [2.24, 2.45) is 5.92 Å². The van der Waals surface area contributed by atoms with Crippen LogP contribution in [0.25, 0.3) is 11.1 Å². The summed E-state index contributed by atoms with van der Waals surface area (Å²) in [7, 11) is 1.76. The van der Waals surface area contributed by atoms with Crippen LogP contribution in [0, 0.1) is 5.92 Å². The molecule has 164 valence electrons. The summed E-state index contributed by atoms with van der Waals surface area (Å²) >= 11 is 0. The van der Waals surface area contributed by atoms with E-state index in [1.165, 1.54) is 68.1 Å². The number of hydrogen-bond donors (Lipinski definition) is 0. The van der Waals surface area contributed by atoms with Gasteiger partial charge in [-0.05, 0) is 85.6 Å². The Labute approximate surface area is 184 Å². The minimum absolute atomic E-state index is 0.762. The SMILES string of the molecule is CCCC1CCC(c2ccc(-c3ccc(OCCCCCCOC)cc3)cc2)CC1. The molecule has 2 heteroatoms. The molecule has 0 spiro atoms. The quantitative estimate of drug-likeness (QED) is 0.331. The minimum Gasteiger partial charge on any atom is -0.494 e. The summed E-state index contributed by atoms with van der Waals surface area (Å²) < 4.78 is 11.0. The number of rotatable bonds is 12. The lowest BCUT2D eigenvalue weighted by Crippen LogP contribution is -2.13. The minimum atomic E-state index is 0.762. The van der Waals surface area contributed by atoms with E-state index in [0.717, 1.165) is 43.6 Å². The van der Waals surface area contributed by atoms with E-state index in [1.54, 1.807) is 7.11 Å². The van der Waals surface area contributed by atoms with Crippen LogP contribution < -0.4 is 4.74 Å². The Morgan fingerprint density at radius 1 is 0.733 bits per heavy atom. The third-order valence-corrected chi connectivity index (χ3v) is 6.62. The van der Waals surface area contributed by atoms with Gasteiger partial charge in [-0.3, -0.25) is 0 Å². The lowest BCUT2D eigenvalue weighted by Gasteiger charge is -2.28. The highest BCUT2D eigenvalue weighted by Gasteiger charge is 2.21. The van der Waals surface area contributed by atoms with E-state index in [-0.39, 0.29) is 0 Å². The molecule has 2 aromatic carbocycles. The van der Waals surface area contributed by atoms with Crippen LogP contribution in [-0.2, 0) is 4.74 Å². The van der Waals surface area contributed by atoms with Gasteiger partial charge in [0.1, 0.15) is 5.75 Å². The number of ether oxygens (including phenoxy) is 2. The van der Waals surface area contributed by atoms with E-state index in [9.17, 15) is 0 Å². The van der Waals surface area contributed by atoms with Crippen LogP contribution in [0.15, 0.2) is 48.5 Å². The van der Waals surface area contributed by atoms with E-state index in [4.69, 9.17) is 9.47 Å². The zero-order valence-corrected chi connectivity index (χ0v) is 19.1. The van der Waals surface area contributed by atoms with Gasteiger partial charge in [0.25, 0.3) is 0 Å². The molecule has 0 heterocycles. The number of hydrogen-bond acceptors (Lipinski definition) is 2. The lowest BCUT2D eigenvalue weighted by atomic mass is 9.77. The third kappa shape index (κ3) is 7.16. The predicted octanol–water partition coefficient (Wildman–Crippen LogP) is 8.01. The molecule has 0 unspecified atom stereocenters. The summed E-state index contributed by atoms with van der Waals surface area (Å²) in [5, 5.41) is 0. The highest BCUT2D eigenvalue weighted by molar-refractivity contribution is 5.64. The maximum absolute atomic E-state index is 5.90. The molecule has 30 heavy (non-hydrogen) atoms. The molecule has 0 aliphatic heterocycles. The molecular weight excluding hydrogens is 368 g/mol. The van der Waals surface area contributed by atoms with Crippen LogP contribution in [0.3, 0.4) is 0 Å². The Bertz CT molecular complexity index is 696. The zero-order chi connectivity index (χ0) is 21.0. The zero-order valence-electron chi connectivity index (χ0n) is 19.1. The van der Waals surface area contributed by atoms with Gasteiger partial charge in [0.15, 0.2) is 0 Å². The van der Waals surface area contributed by atoms with Crippen molar-refractivity contribution in [1.82, 2.24) is 0 Å². The monoisotopic (exact) mass is 408 g/mol. The molecule has 2 nitrogen and oxygen atoms in total. The maximum Gasteiger partial charge on any atom is 0.119 e. The van der Waals surface area contributed by atoms with Crippen molar-refractivity contribution in [3.8, 4) is 16.9 Å². The molecule has 1 saturated carbocycles. The average Bonchev–Trinajstić information content (AvgIpc) is 2.80. The topological polar surface area (TPSA) is 18.5 Å². The second kappa shape index (κ2) is 12.8. The van der Waals surface area contributed by atoms with Crippen molar-refractivity contribution in [1.29, 1.82) is 0 Å². The van der Waals surface area contributed by atoms with Gasteiger partial charge < -0.3 is 9.47 Å². The summed E-state index contributed by atoms with van der Waals surface area (Å²) in [6.07, 6.45) is 13.0. The molecule has 0 bridgehead atoms. The number of methoxy groups -OCH3 is 1. The smallest absolute Gasteiger partial charge is 0.119 e. The Balaban J connectivity index is 1.44. The molecule has 2 aromatic rings. The van der Waals surface area contributed by atoms with E-state index >= 15 is 0 Å². The summed E-state index contributed by atoms with van der Waals surface area (Å²) in [6.45, 7) is 3.97. The first-order valence-corrected chi connectivity index (χ1v) is 12.1. The first-order valence-electron chi connectivity index (χ1n) is 12.1. The van der Waals surface area contributed by atoms with Gasteiger partial charge in [-0.15, -0.1) is 0 Å². The van der Waals surface area contributed by atoms with Gasteiger partial charge in [0, 0.05) is 13.7 Å². The van der Waals surface area contributed by atoms with Crippen LogP contribution in [0.5, 0.6) is 5.75 Å². The van der Waals surface area contributed by atoms with Crippen LogP contribution in [0.1, 0.15) is 82.6 Å². The molecule has 0 N–H and O–H groups in total. The highest BCUT2D eigenvalue weighted by Crippen LogP contribution is 2.38. The van der Waals surface area contributed by atoms with E-state index in [0.29, 0.717) is 0 Å². The van der Waals surface area contributed by atoms with Gasteiger partial charge in [0.05, 0.1) is 6.61 Å². The fraction of sp³-hybridized carbons (Fsp3) is 0.571. The predicted molar refractivity (Wildman–Crippen MR) is 127 cm³/mol. The van der Waals surface area contributed by atoms with Gasteiger partial charge >= 0.3 is 0 Å². The second-order valence-electron chi connectivity index (χ2n) is 8.91. The molecule has 0 amide bonds. The van der Waals surface area contributed by atoms with Crippen molar-refractivity contribution in [3.05, 3.63) is 54.1 Å². The molecule has 0 aromatic heterocycles. The Kier molecular flexibility index (Phi) is 9.76. The molecule has 3 rings (SSSR count). The van der Waals surface area contributed by atoms with Crippen molar-refractivity contribution >= 4 is 0 Å². The van der Waals surface area contributed by atoms with E-state index < -0.39 is 0 Å². The summed E-state index contributed by atoms with van der Waals surface area (Å²) in [6, 6.07) is 17.9. The molecule has 1 fully saturated rings. The fourth-order valence-corrected chi connectivity index (χ4v) is 4.78. The number of benzene rings is 2. The van der Waals surface area contributed by atoms with Crippen molar-refractivity contribution in [2.75, 3.05) is 20.3 Å². The summed E-state index contributed by atoms with van der Waals surface area (Å²) in [5.74, 6) is 2.70. The van der Waals surface area contributed by atoms with Crippen LogP contribution in [0.2, 0.25) is 0 Å². The van der Waals surface area contributed by atoms with Gasteiger partial charge in [-0.1, -0.05) is 62.6 Å².